The maximum Gasteiger partial charge on any atom is 0.145 e. The Hall–Kier alpha value is -1.36. The van der Waals surface area contributed by atoms with Gasteiger partial charge in [0.2, 0.25) is 0 Å². The van der Waals surface area contributed by atoms with Crippen LogP contribution < -0.4 is 16.6 Å². The molecular weight excluding hydrogens is 226 g/mol. The van der Waals surface area contributed by atoms with Gasteiger partial charge in [0.05, 0.1) is 0 Å². The maximum absolute atomic E-state index is 5.44. The van der Waals surface area contributed by atoms with E-state index in [4.69, 9.17) is 5.84 Å². The Kier molecular flexibility index (Phi) is 3.71. The zero-order chi connectivity index (χ0) is 13.2. The predicted molar refractivity (Wildman–Crippen MR) is 74.4 cm³/mol. The molecule has 2 rings (SSSR count). The number of hydrogen-bond acceptors (Lipinski definition) is 5. The highest BCUT2D eigenvalue weighted by molar-refractivity contribution is 5.47. The Labute approximate surface area is 109 Å². The van der Waals surface area contributed by atoms with E-state index < -0.39 is 0 Å². The summed E-state index contributed by atoms with van der Waals surface area (Å²) < 4.78 is 0. The molecule has 1 aliphatic carbocycles. The molecule has 1 fully saturated rings. The molecule has 4 N–H and O–H groups in total. The number of hydrogen-bond donors (Lipinski definition) is 3. The van der Waals surface area contributed by atoms with E-state index in [0.717, 1.165) is 18.2 Å². The Morgan fingerprint density at radius 2 is 2.00 bits per heavy atom. The van der Waals surface area contributed by atoms with Crippen LogP contribution in [0.25, 0.3) is 0 Å². The number of anilines is 2. The van der Waals surface area contributed by atoms with Crippen LogP contribution in [0.3, 0.4) is 0 Å². The fourth-order valence-corrected chi connectivity index (χ4v) is 2.15. The van der Waals surface area contributed by atoms with Crippen molar-refractivity contribution < 1.29 is 0 Å². The molecule has 1 aromatic rings. The molecule has 0 atom stereocenters. The first-order chi connectivity index (χ1) is 8.52. The van der Waals surface area contributed by atoms with Gasteiger partial charge in [0.1, 0.15) is 17.5 Å². The molecule has 5 heteroatoms. The topological polar surface area (TPSA) is 75.9 Å². The molecule has 0 aromatic carbocycles. The summed E-state index contributed by atoms with van der Waals surface area (Å²) in [5, 5.41) is 3.41. The molecule has 1 aromatic heterocycles. The van der Waals surface area contributed by atoms with Gasteiger partial charge in [-0.3, -0.25) is 0 Å². The van der Waals surface area contributed by atoms with Gasteiger partial charge in [-0.15, -0.1) is 0 Å². The maximum atomic E-state index is 5.44. The highest BCUT2D eigenvalue weighted by Gasteiger charge is 2.31. The monoisotopic (exact) mass is 249 g/mol. The van der Waals surface area contributed by atoms with Crippen molar-refractivity contribution in [1.82, 2.24) is 9.97 Å². The molecule has 0 unspecified atom stereocenters. The standard InChI is InChI=1S/C13H23N5/c1-9(2)12-16-10(7-11(17-12)18-14)15-8-13(3)5-4-6-13/h7,9H,4-6,8,14H2,1-3H3,(H2,15,16,17,18). The zero-order valence-electron chi connectivity index (χ0n) is 11.5. The van der Waals surface area contributed by atoms with Crippen molar-refractivity contribution in [2.75, 3.05) is 17.3 Å². The van der Waals surface area contributed by atoms with E-state index in [1.165, 1.54) is 19.3 Å². The van der Waals surface area contributed by atoms with Crippen LogP contribution in [0.4, 0.5) is 11.6 Å². The van der Waals surface area contributed by atoms with Crippen LogP contribution in [0.5, 0.6) is 0 Å². The lowest BCUT2D eigenvalue weighted by molar-refractivity contribution is 0.180. The quantitative estimate of drug-likeness (QED) is 0.552. The summed E-state index contributed by atoms with van der Waals surface area (Å²) in [7, 11) is 0. The normalized spacial score (nSPS) is 17.4. The molecule has 0 radical (unpaired) electrons. The Balaban J connectivity index is 2.08. The smallest absolute Gasteiger partial charge is 0.145 e. The molecule has 100 valence electrons. The SMILES string of the molecule is CC(C)c1nc(NN)cc(NCC2(C)CCC2)n1. The van der Waals surface area contributed by atoms with Gasteiger partial charge in [-0.1, -0.05) is 27.2 Å². The fourth-order valence-electron chi connectivity index (χ4n) is 2.15. The Morgan fingerprint density at radius 1 is 1.33 bits per heavy atom. The Bertz CT molecular complexity index is 412. The van der Waals surface area contributed by atoms with Crippen LogP contribution >= 0.6 is 0 Å². The van der Waals surface area contributed by atoms with Gasteiger partial charge in [0.25, 0.3) is 0 Å². The summed E-state index contributed by atoms with van der Waals surface area (Å²) in [6, 6.07) is 1.86. The van der Waals surface area contributed by atoms with Gasteiger partial charge in [-0.2, -0.15) is 0 Å². The van der Waals surface area contributed by atoms with Crippen molar-refractivity contribution >= 4 is 11.6 Å². The zero-order valence-corrected chi connectivity index (χ0v) is 11.5. The number of nitrogens with two attached hydrogens (primary N) is 1. The number of aromatic nitrogens is 2. The second-order valence-corrected chi connectivity index (χ2v) is 5.81. The van der Waals surface area contributed by atoms with Crippen LogP contribution in [0, 0.1) is 5.41 Å². The van der Waals surface area contributed by atoms with Gasteiger partial charge in [-0.25, -0.2) is 15.8 Å². The number of nitrogen functional groups attached to an aromatic ring is 1. The molecule has 0 saturated heterocycles. The van der Waals surface area contributed by atoms with Gasteiger partial charge in [-0.05, 0) is 18.3 Å². The molecule has 0 amide bonds. The molecule has 0 aliphatic heterocycles. The van der Waals surface area contributed by atoms with Crippen molar-refractivity contribution in [1.29, 1.82) is 0 Å². The van der Waals surface area contributed by atoms with E-state index in [2.05, 4.69) is 41.5 Å². The summed E-state index contributed by atoms with van der Waals surface area (Å²) in [6.07, 6.45) is 3.93. The van der Waals surface area contributed by atoms with Gasteiger partial charge in [0.15, 0.2) is 0 Å². The van der Waals surface area contributed by atoms with Crippen molar-refractivity contribution in [3.05, 3.63) is 11.9 Å². The van der Waals surface area contributed by atoms with E-state index in [0.29, 0.717) is 11.2 Å². The van der Waals surface area contributed by atoms with Crippen molar-refractivity contribution in [2.45, 2.75) is 46.0 Å². The van der Waals surface area contributed by atoms with Crippen LogP contribution in [0.2, 0.25) is 0 Å². The summed E-state index contributed by atoms with van der Waals surface area (Å²) in [4.78, 5) is 8.87. The first-order valence-corrected chi connectivity index (χ1v) is 6.62. The lowest BCUT2D eigenvalue weighted by Gasteiger charge is -2.38. The molecule has 1 aliphatic rings. The second-order valence-electron chi connectivity index (χ2n) is 5.81. The average Bonchev–Trinajstić information content (AvgIpc) is 2.33. The van der Waals surface area contributed by atoms with E-state index >= 15 is 0 Å². The highest BCUT2D eigenvalue weighted by Crippen LogP contribution is 2.40. The third kappa shape index (κ3) is 2.90. The van der Waals surface area contributed by atoms with Gasteiger partial charge >= 0.3 is 0 Å². The summed E-state index contributed by atoms with van der Waals surface area (Å²) in [6.45, 7) is 7.43. The molecule has 18 heavy (non-hydrogen) atoms. The summed E-state index contributed by atoms with van der Waals surface area (Å²) in [5.41, 5.74) is 3.03. The molecule has 1 saturated carbocycles. The fraction of sp³-hybridized carbons (Fsp3) is 0.692. The van der Waals surface area contributed by atoms with E-state index in [9.17, 15) is 0 Å². The van der Waals surface area contributed by atoms with E-state index in [-0.39, 0.29) is 5.92 Å². The third-order valence-electron chi connectivity index (χ3n) is 3.66. The lowest BCUT2D eigenvalue weighted by Crippen LogP contribution is -2.33. The highest BCUT2D eigenvalue weighted by atomic mass is 15.3. The van der Waals surface area contributed by atoms with E-state index in [1.807, 2.05) is 6.07 Å². The number of nitrogens with zero attached hydrogens (tertiary/aromatic N) is 2. The van der Waals surface area contributed by atoms with Crippen molar-refractivity contribution in [3.8, 4) is 0 Å². The minimum absolute atomic E-state index is 0.290. The largest absolute Gasteiger partial charge is 0.369 e. The molecule has 0 spiro atoms. The summed E-state index contributed by atoms with van der Waals surface area (Å²) >= 11 is 0. The number of nitrogens with one attached hydrogen (secondary N) is 2. The van der Waals surface area contributed by atoms with Crippen LogP contribution in [0.15, 0.2) is 6.07 Å². The van der Waals surface area contributed by atoms with Gasteiger partial charge in [0, 0.05) is 18.5 Å². The first kappa shape index (κ1) is 13.1. The second kappa shape index (κ2) is 5.10. The predicted octanol–water partition coefficient (Wildman–Crippen LogP) is 2.49. The minimum atomic E-state index is 0.290. The molecule has 0 bridgehead atoms. The number of rotatable bonds is 5. The van der Waals surface area contributed by atoms with E-state index in [1.54, 1.807) is 0 Å². The number of hydrazine groups is 1. The lowest BCUT2D eigenvalue weighted by atomic mass is 9.70. The Morgan fingerprint density at radius 3 is 2.50 bits per heavy atom. The summed E-state index contributed by atoms with van der Waals surface area (Å²) in [5.74, 6) is 8.06. The van der Waals surface area contributed by atoms with Crippen LogP contribution in [-0.4, -0.2) is 16.5 Å². The molecule has 5 nitrogen and oxygen atoms in total. The third-order valence-corrected chi connectivity index (χ3v) is 3.66. The average molecular weight is 249 g/mol. The molecule has 1 heterocycles. The van der Waals surface area contributed by atoms with Crippen LogP contribution in [-0.2, 0) is 0 Å². The van der Waals surface area contributed by atoms with Gasteiger partial charge < -0.3 is 10.7 Å². The first-order valence-electron chi connectivity index (χ1n) is 6.62. The van der Waals surface area contributed by atoms with Crippen LogP contribution in [0.1, 0.15) is 51.8 Å². The van der Waals surface area contributed by atoms with Crippen molar-refractivity contribution in [3.63, 3.8) is 0 Å². The minimum Gasteiger partial charge on any atom is -0.369 e. The van der Waals surface area contributed by atoms with Crippen molar-refractivity contribution in [2.24, 2.45) is 11.3 Å². The molecular formula is C13H23N5.